The van der Waals surface area contributed by atoms with Crippen molar-refractivity contribution in [3.8, 4) is 24.3 Å². The standard InChI is InChI=1S/C11H6N4/c12-4-10(5-13)8-1-2-9(3-8)11(10,6-14)7-15/h1-2,8-9H,3H2/t8-,9-/m0/s1. The Kier molecular flexibility index (Phi) is 1.61. The molecule has 1 fully saturated rings. The van der Waals surface area contributed by atoms with Crippen LogP contribution in [-0.4, -0.2) is 0 Å². The van der Waals surface area contributed by atoms with Crippen LogP contribution in [0.4, 0.5) is 0 Å². The Morgan fingerprint density at radius 3 is 1.40 bits per heavy atom. The van der Waals surface area contributed by atoms with Gasteiger partial charge in [-0.3, -0.25) is 0 Å². The van der Waals surface area contributed by atoms with Gasteiger partial charge in [-0.15, -0.1) is 0 Å². The monoisotopic (exact) mass is 194 g/mol. The van der Waals surface area contributed by atoms with Crippen molar-refractivity contribution < 1.29 is 0 Å². The fourth-order valence-corrected chi connectivity index (χ4v) is 2.66. The maximum absolute atomic E-state index is 9.13. The molecule has 0 N–H and O–H groups in total. The molecular formula is C11H6N4. The molecule has 0 radical (unpaired) electrons. The van der Waals surface area contributed by atoms with Crippen LogP contribution in [0.15, 0.2) is 12.2 Å². The first-order valence-corrected chi connectivity index (χ1v) is 4.54. The molecule has 70 valence electrons. The topological polar surface area (TPSA) is 95.2 Å². The molecule has 0 aromatic rings. The van der Waals surface area contributed by atoms with E-state index in [1.165, 1.54) is 0 Å². The number of allylic oxidation sites excluding steroid dienone is 2. The summed E-state index contributed by atoms with van der Waals surface area (Å²) < 4.78 is 0. The molecule has 2 bridgehead atoms. The molecule has 2 aliphatic rings. The van der Waals surface area contributed by atoms with Crippen LogP contribution in [-0.2, 0) is 0 Å². The Morgan fingerprint density at radius 2 is 1.13 bits per heavy atom. The van der Waals surface area contributed by atoms with Gasteiger partial charge in [0.15, 0.2) is 10.8 Å². The largest absolute Gasteiger partial charge is 0.196 e. The van der Waals surface area contributed by atoms with Crippen molar-refractivity contribution in [2.45, 2.75) is 6.42 Å². The third-order valence-corrected chi connectivity index (χ3v) is 3.52. The average molecular weight is 194 g/mol. The zero-order valence-corrected chi connectivity index (χ0v) is 7.81. The molecule has 0 aliphatic heterocycles. The highest BCUT2D eigenvalue weighted by Gasteiger charge is 2.69. The summed E-state index contributed by atoms with van der Waals surface area (Å²) in [5.41, 5.74) is -2.98. The molecule has 0 heterocycles. The first kappa shape index (κ1) is 9.26. The van der Waals surface area contributed by atoms with Gasteiger partial charge in [0.05, 0.1) is 24.3 Å². The molecule has 0 unspecified atom stereocenters. The van der Waals surface area contributed by atoms with Crippen molar-refractivity contribution in [1.82, 2.24) is 0 Å². The molecule has 2 aliphatic carbocycles. The lowest BCUT2D eigenvalue weighted by atomic mass is 9.61. The van der Waals surface area contributed by atoms with E-state index >= 15 is 0 Å². The first-order valence-electron chi connectivity index (χ1n) is 4.54. The lowest BCUT2D eigenvalue weighted by Crippen LogP contribution is -2.41. The minimum atomic E-state index is -1.49. The van der Waals surface area contributed by atoms with Gasteiger partial charge in [-0.05, 0) is 6.42 Å². The van der Waals surface area contributed by atoms with E-state index in [9.17, 15) is 0 Å². The molecule has 4 nitrogen and oxygen atoms in total. The SMILES string of the molecule is N#CC1(C#N)[C@H]2C=C[C@@H](C2)C1(C#N)C#N. The average Bonchev–Trinajstić information content (AvgIpc) is 2.85. The van der Waals surface area contributed by atoms with Gasteiger partial charge in [0, 0.05) is 11.8 Å². The number of nitriles is 4. The molecule has 0 saturated heterocycles. The van der Waals surface area contributed by atoms with E-state index in [0.29, 0.717) is 6.42 Å². The molecular weight excluding hydrogens is 188 g/mol. The second-order valence-corrected chi connectivity index (χ2v) is 3.90. The van der Waals surface area contributed by atoms with Crippen molar-refractivity contribution >= 4 is 0 Å². The normalized spacial score (nSPS) is 32.3. The molecule has 0 amide bonds. The van der Waals surface area contributed by atoms with Gasteiger partial charge in [-0.1, -0.05) is 12.2 Å². The van der Waals surface area contributed by atoms with Crippen molar-refractivity contribution in [3.05, 3.63) is 12.2 Å². The van der Waals surface area contributed by atoms with Crippen LogP contribution in [0.2, 0.25) is 0 Å². The van der Waals surface area contributed by atoms with E-state index in [1.54, 1.807) is 12.2 Å². The van der Waals surface area contributed by atoms with Gasteiger partial charge >= 0.3 is 0 Å². The summed E-state index contributed by atoms with van der Waals surface area (Å²) >= 11 is 0. The number of hydrogen-bond acceptors (Lipinski definition) is 4. The van der Waals surface area contributed by atoms with Crippen LogP contribution in [0.5, 0.6) is 0 Å². The second-order valence-electron chi connectivity index (χ2n) is 3.90. The van der Waals surface area contributed by atoms with Crippen molar-refractivity contribution in [1.29, 1.82) is 21.0 Å². The molecule has 15 heavy (non-hydrogen) atoms. The summed E-state index contributed by atoms with van der Waals surface area (Å²) in [5, 5.41) is 36.5. The second kappa shape index (κ2) is 2.60. The number of rotatable bonds is 0. The zero-order valence-electron chi connectivity index (χ0n) is 7.81. The Hall–Kier alpha value is -2.30. The summed E-state index contributed by atoms with van der Waals surface area (Å²) in [6.45, 7) is 0. The van der Waals surface area contributed by atoms with Crippen molar-refractivity contribution in [2.24, 2.45) is 22.7 Å². The van der Waals surface area contributed by atoms with Gasteiger partial charge in [-0.25, -0.2) is 0 Å². The summed E-state index contributed by atoms with van der Waals surface area (Å²) in [6, 6.07) is 7.58. The van der Waals surface area contributed by atoms with Crippen LogP contribution in [0, 0.1) is 68.0 Å². The predicted molar refractivity (Wildman–Crippen MR) is 48.1 cm³/mol. The maximum atomic E-state index is 9.13. The minimum absolute atomic E-state index is 0.281. The van der Waals surface area contributed by atoms with E-state index in [1.807, 2.05) is 24.3 Å². The van der Waals surface area contributed by atoms with Crippen LogP contribution < -0.4 is 0 Å². The lowest BCUT2D eigenvalue weighted by molar-refractivity contribution is 0.276. The number of fused-ring (bicyclic) bond motifs is 2. The van der Waals surface area contributed by atoms with E-state index in [4.69, 9.17) is 21.0 Å². The van der Waals surface area contributed by atoms with E-state index in [0.717, 1.165) is 0 Å². The number of nitrogens with zero attached hydrogens (tertiary/aromatic N) is 4. The third kappa shape index (κ3) is 0.698. The summed E-state index contributed by atoms with van der Waals surface area (Å²) in [4.78, 5) is 0. The fraction of sp³-hybridized carbons (Fsp3) is 0.455. The fourth-order valence-electron chi connectivity index (χ4n) is 2.66. The molecule has 2 atom stereocenters. The molecule has 2 rings (SSSR count). The van der Waals surface area contributed by atoms with Gasteiger partial charge < -0.3 is 0 Å². The molecule has 0 aromatic carbocycles. The molecule has 4 heteroatoms. The smallest absolute Gasteiger partial charge is 0.182 e. The Bertz CT molecular complexity index is 429. The van der Waals surface area contributed by atoms with Crippen LogP contribution >= 0.6 is 0 Å². The van der Waals surface area contributed by atoms with E-state index < -0.39 is 10.8 Å². The lowest BCUT2D eigenvalue weighted by Gasteiger charge is -2.31. The van der Waals surface area contributed by atoms with Gasteiger partial charge in [0.1, 0.15) is 0 Å². The quantitative estimate of drug-likeness (QED) is 0.542. The highest BCUT2D eigenvalue weighted by Crippen LogP contribution is 2.62. The predicted octanol–water partition coefficient (Wildman–Crippen LogP) is 1.26. The maximum Gasteiger partial charge on any atom is 0.182 e. The molecule has 1 saturated carbocycles. The van der Waals surface area contributed by atoms with Crippen LogP contribution in [0.3, 0.4) is 0 Å². The summed E-state index contributed by atoms with van der Waals surface area (Å²) in [5.74, 6) is -0.561. The molecule has 0 spiro atoms. The van der Waals surface area contributed by atoms with E-state index in [2.05, 4.69) is 0 Å². The minimum Gasteiger partial charge on any atom is -0.196 e. The highest BCUT2D eigenvalue weighted by molar-refractivity contribution is 5.46. The van der Waals surface area contributed by atoms with E-state index in [-0.39, 0.29) is 11.8 Å². The summed E-state index contributed by atoms with van der Waals surface area (Å²) in [7, 11) is 0. The van der Waals surface area contributed by atoms with Crippen molar-refractivity contribution in [2.75, 3.05) is 0 Å². The van der Waals surface area contributed by atoms with Gasteiger partial charge in [0.25, 0.3) is 0 Å². The van der Waals surface area contributed by atoms with Crippen molar-refractivity contribution in [3.63, 3.8) is 0 Å². The van der Waals surface area contributed by atoms with Crippen LogP contribution in [0.25, 0.3) is 0 Å². The van der Waals surface area contributed by atoms with Gasteiger partial charge in [0.2, 0.25) is 0 Å². The summed E-state index contributed by atoms with van der Waals surface area (Å²) in [6.07, 6.45) is 4.12. The molecule has 0 aromatic heterocycles. The Labute approximate surface area is 87.3 Å². The van der Waals surface area contributed by atoms with Crippen LogP contribution in [0.1, 0.15) is 6.42 Å². The first-order chi connectivity index (χ1) is 7.20. The third-order valence-electron chi connectivity index (χ3n) is 3.52. The van der Waals surface area contributed by atoms with Gasteiger partial charge in [-0.2, -0.15) is 21.0 Å². The number of hydrogen-bond donors (Lipinski definition) is 0. The Balaban J connectivity index is 2.74. The highest BCUT2D eigenvalue weighted by atomic mass is 14.7. The Morgan fingerprint density at radius 1 is 0.800 bits per heavy atom. The zero-order chi connectivity index (χ0) is 11.1.